The summed E-state index contributed by atoms with van der Waals surface area (Å²) >= 11 is 0. The van der Waals surface area contributed by atoms with Crippen LogP contribution in [0.25, 0.3) is 0 Å². The summed E-state index contributed by atoms with van der Waals surface area (Å²) in [6.07, 6.45) is 0. The van der Waals surface area contributed by atoms with Crippen molar-refractivity contribution >= 4 is 18.3 Å². The molecule has 0 aromatic heterocycles. The first-order valence-corrected chi connectivity index (χ1v) is 6.38. The molecule has 0 fully saturated rings. The zero-order chi connectivity index (χ0) is 13.9. The van der Waals surface area contributed by atoms with Crippen LogP contribution >= 0.6 is 12.4 Å². The second-order valence-corrected chi connectivity index (χ2v) is 5.89. The zero-order valence-corrected chi connectivity index (χ0v) is 13.2. The van der Waals surface area contributed by atoms with Crippen LogP contribution in [0, 0.1) is 0 Å². The Morgan fingerprint density at radius 2 is 1.63 bits per heavy atom. The number of halogens is 1. The molecule has 1 amide bonds. The van der Waals surface area contributed by atoms with E-state index in [1.54, 1.807) is 6.92 Å². The van der Waals surface area contributed by atoms with Crippen molar-refractivity contribution in [2.75, 3.05) is 0 Å². The topological polar surface area (TPSA) is 55.1 Å². The van der Waals surface area contributed by atoms with Crippen LogP contribution in [-0.2, 0) is 10.2 Å². The highest BCUT2D eigenvalue weighted by atomic mass is 35.5. The van der Waals surface area contributed by atoms with Gasteiger partial charge >= 0.3 is 0 Å². The largest absolute Gasteiger partial charge is 0.348 e. The van der Waals surface area contributed by atoms with E-state index in [2.05, 4.69) is 50.4 Å². The average molecular weight is 285 g/mol. The third-order valence-corrected chi connectivity index (χ3v) is 3.05. The van der Waals surface area contributed by atoms with Gasteiger partial charge < -0.3 is 11.1 Å². The van der Waals surface area contributed by atoms with Crippen molar-refractivity contribution in [1.82, 2.24) is 5.32 Å². The molecular weight excluding hydrogens is 260 g/mol. The van der Waals surface area contributed by atoms with Crippen molar-refractivity contribution in [2.24, 2.45) is 5.73 Å². The predicted molar refractivity (Wildman–Crippen MR) is 82.6 cm³/mol. The Hall–Kier alpha value is -1.06. The van der Waals surface area contributed by atoms with Crippen molar-refractivity contribution in [2.45, 2.75) is 52.1 Å². The minimum absolute atomic E-state index is 0. The maximum absolute atomic E-state index is 11.5. The van der Waals surface area contributed by atoms with Crippen LogP contribution in [0.5, 0.6) is 0 Å². The van der Waals surface area contributed by atoms with E-state index in [-0.39, 0.29) is 29.8 Å². The van der Waals surface area contributed by atoms with Crippen molar-refractivity contribution in [3.05, 3.63) is 35.4 Å². The van der Waals surface area contributed by atoms with Gasteiger partial charge in [0.05, 0.1) is 12.1 Å². The Kier molecular flexibility index (Phi) is 6.53. The van der Waals surface area contributed by atoms with Gasteiger partial charge in [-0.15, -0.1) is 12.4 Å². The smallest absolute Gasteiger partial charge is 0.237 e. The van der Waals surface area contributed by atoms with E-state index >= 15 is 0 Å². The number of amides is 1. The van der Waals surface area contributed by atoms with Crippen LogP contribution < -0.4 is 11.1 Å². The summed E-state index contributed by atoms with van der Waals surface area (Å²) in [6, 6.07) is 7.87. The van der Waals surface area contributed by atoms with Crippen LogP contribution in [0.1, 0.15) is 51.8 Å². The molecule has 19 heavy (non-hydrogen) atoms. The van der Waals surface area contributed by atoms with Gasteiger partial charge in [0, 0.05) is 0 Å². The molecule has 1 aromatic rings. The molecule has 0 aliphatic carbocycles. The van der Waals surface area contributed by atoms with Crippen LogP contribution in [0.2, 0.25) is 0 Å². The molecule has 0 aliphatic rings. The van der Waals surface area contributed by atoms with Crippen molar-refractivity contribution < 1.29 is 4.79 Å². The first kappa shape index (κ1) is 17.9. The van der Waals surface area contributed by atoms with E-state index in [9.17, 15) is 4.79 Å². The van der Waals surface area contributed by atoms with E-state index in [1.165, 1.54) is 5.56 Å². The third kappa shape index (κ3) is 5.21. The second-order valence-electron chi connectivity index (χ2n) is 5.89. The lowest BCUT2D eigenvalue weighted by molar-refractivity contribution is -0.122. The predicted octanol–water partition coefficient (Wildman–Crippen LogP) is 2.93. The van der Waals surface area contributed by atoms with Gasteiger partial charge in [-0.25, -0.2) is 0 Å². The fourth-order valence-electron chi connectivity index (χ4n) is 1.70. The molecule has 0 spiro atoms. The van der Waals surface area contributed by atoms with E-state index < -0.39 is 6.04 Å². The molecule has 2 unspecified atom stereocenters. The molecule has 0 heterocycles. The van der Waals surface area contributed by atoms with Crippen LogP contribution in [0.15, 0.2) is 24.3 Å². The molecule has 108 valence electrons. The molecule has 0 aliphatic heterocycles. The highest BCUT2D eigenvalue weighted by molar-refractivity contribution is 5.85. The summed E-state index contributed by atoms with van der Waals surface area (Å²) in [6.45, 7) is 10.2. The minimum Gasteiger partial charge on any atom is -0.348 e. The Balaban J connectivity index is 0.00000324. The number of hydrogen-bond acceptors (Lipinski definition) is 2. The summed E-state index contributed by atoms with van der Waals surface area (Å²) in [5.74, 6) is -0.123. The molecular formula is C15H25ClN2O. The van der Waals surface area contributed by atoms with Gasteiger partial charge in [-0.3, -0.25) is 4.79 Å². The number of carbonyl (C=O) groups is 1. The quantitative estimate of drug-likeness (QED) is 0.897. The molecule has 3 N–H and O–H groups in total. The molecule has 1 rings (SSSR count). The number of nitrogens with one attached hydrogen (secondary N) is 1. The van der Waals surface area contributed by atoms with E-state index in [0.29, 0.717) is 0 Å². The summed E-state index contributed by atoms with van der Waals surface area (Å²) in [5.41, 5.74) is 8.06. The van der Waals surface area contributed by atoms with Crippen molar-refractivity contribution in [1.29, 1.82) is 0 Å². The Labute approximate surface area is 122 Å². The van der Waals surface area contributed by atoms with Crippen LogP contribution in [-0.4, -0.2) is 11.9 Å². The summed E-state index contributed by atoms with van der Waals surface area (Å²) < 4.78 is 0. The molecule has 2 atom stereocenters. The van der Waals surface area contributed by atoms with Crippen LogP contribution in [0.4, 0.5) is 0 Å². The fraction of sp³-hybridized carbons (Fsp3) is 0.533. The SMILES string of the molecule is CC(N)C(=O)NC(C)c1ccc(C(C)(C)C)cc1.Cl. The molecule has 0 radical (unpaired) electrons. The van der Waals surface area contributed by atoms with Gasteiger partial charge in [0.15, 0.2) is 0 Å². The van der Waals surface area contributed by atoms with Gasteiger partial charge in [-0.05, 0) is 30.4 Å². The zero-order valence-electron chi connectivity index (χ0n) is 12.4. The Bertz CT molecular complexity index is 407. The monoisotopic (exact) mass is 284 g/mol. The minimum atomic E-state index is -0.471. The number of carbonyl (C=O) groups excluding carboxylic acids is 1. The summed E-state index contributed by atoms with van der Waals surface area (Å²) in [5, 5.41) is 2.89. The van der Waals surface area contributed by atoms with Crippen molar-refractivity contribution in [3.8, 4) is 0 Å². The number of nitrogens with two attached hydrogens (primary N) is 1. The second kappa shape index (κ2) is 6.92. The standard InChI is InChI=1S/C15H24N2O.ClH/c1-10(16)14(18)17-11(2)12-6-8-13(9-7-12)15(3,4)5;/h6-11H,16H2,1-5H3,(H,17,18);1H. The lowest BCUT2D eigenvalue weighted by Gasteiger charge is -2.21. The Morgan fingerprint density at radius 1 is 1.16 bits per heavy atom. The molecule has 4 heteroatoms. The molecule has 0 bridgehead atoms. The highest BCUT2D eigenvalue weighted by Gasteiger charge is 2.15. The summed E-state index contributed by atoms with van der Waals surface area (Å²) in [4.78, 5) is 11.5. The van der Waals surface area contributed by atoms with E-state index in [1.807, 2.05) is 6.92 Å². The van der Waals surface area contributed by atoms with Crippen molar-refractivity contribution in [3.63, 3.8) is 0 Å². The number of rotatable bonds is 3. The van der Waals surface area contributed by atoms with Crippen LogP contribution in [0.3, 0.4) is 0 Å². The third-order valence-electron chi connectivity index (χ3n) is 3.05. The first-order chi connectivity index (χ1) is 8.21. The maximum Gasteiger partial charge on any atom is 0.237 e. The molecule has 3 nitrogen and oxygen atoms in total. The lowest BCUT2D eigenvalue weighted by atomic mass is 9.86. The summed E-state index contributed by atoms with van der Waals surface area (Å²) in [7, 11) is 0. The van der Waals surface area contributed by atoms with E-state index in [0.717, 1.165) is 5.56 Å². The molecule has 0 saturated carbocycles. The number of benzene rings is 1. The lowest BCUT2D eigenvalue weighted by Crippen LogP contribution is -2.39. The van der Waals surface area contributed by atoms with E-state index in [4.69, 9.17) is 5.73 Å². The van der Waals surface area contributed by atoms with Gasteiger partial charge in [0.2, 0.25) is 5.91 Å². The first-order valence-electron chi connectivity index (χ1n) is 6.38. The normalized spacial score (nSPS) is 14.2. The highest BCUT2D eigenvalue weighted by Crippen LogP contribution is 2.23. The Morgan fingerprint density at radius 3 is 2.00 bits per heavy atom. The van der Waals surface area contributed by atoms with Gasteiger partial charge in [0.25, 0.3) is 0 Å². The van der Waals surface area contributed by atoms with Gasteiger partial charge in [-0.1, -0.05) is 45.0 Å². The van der Waals surface area contributed by atoms with Gasteiger partial charge in [0.1, 0.15) is 0 Å². The maximum atomic E-state index is 11.5. The van der Waals surface area contributed by atoms with Gasteiger partial charge in [-0.2, -0.15) is 0 Å². The fourth-order valence-corrected chi connectivity index (χ4v) is 1.70. The molecule has 0 saturated heterocycles. The molecule has 1 aromatic carbocycles. The number of hydrogen-bond donors (Lipinski definition) is 2. The average Bonchev–Trinajstić information content (AvgIpc) is 2.27.